The van der Waals surface area contributed by atoms with Gasteiger partial charge in [-0.2, -0.15) is 4.98 Å². The standard InChI is InChI=1S/C11H19N3OS/c1-11(2,3)16-7-9-13-10(15-14-9)6-12-8-4-5-8/h8,12H,4-7H2,1-3H3. The molecule has 0 aliphatic heterocycles. The average molecular weight is 241 g/mol. The van der Waals surface area contributed by atoms with Crippen molar-refractivity contribution in [2.45, 2.75) is 56.7 Å². The van der Waals surface area contributed by atoms with Gasteiger partial charge in [-0.1, -0.05) is 25.9 Å². The van der Waals surface area contributed by atoms with Crippen LogP contribution in [0.25, 0.3) is 0 Å². The lowest BCUT2D eigenvalue weighted by Gasteiger charge is -2.15. The summed E-state index contributed by atoms with van der Waals surface area (Å²) in [6.07, 6.45) is 2.56. The third-order valence-corrected chi connectivity index (χ3v) is 3.53. The first kappa shape index (κ1) is 11.9. The molecule has 1 aliphatic carbocycles. The van der Waals surface area contributed by atoms with Crippen molar-refractivity contribution in [3.05, 3.63) is 11.7 Å². The molecule has 1 fully saturated rings. The number of nitrogens with one attached hydrogen (secondary N) is 1. The van der Waals surface area contributed by atoms with Crippen LogP contribution in [0.3, 0.4) is 0 Å². The van der Waals surface area contributed by atoms with Gasteiger partial charge >= 0.3 is 0 Å². The Morgan fingerprint density at radius 2 is 2.19 bits per heavy atom. The Bertz CT molecular complexity index is 341. The van der Waals surface area contributed by atoms with Gasteiger partial charge in [0.05, 0.1) is 12.3 Å². The molecule has 0 spiro atoms. The molecule has 0 saturated heterocycles. The molecule has 5 heteroatoms. The van der Waals surface area contributed by atoms with Crippen LogP contribution in [0.5, 0.6) is 0 Å². The second kappa shape index (κ2) is 4.75. The van der Waals surface area contributed by atoms with Gasteiger partial charge < -0.3 is 9.84 Å². The molecule has 1 N–H and O–H groups in total. The van der Waals surface area contributed by atoms with Crippen molar-refractivity contribution in [3.63, 3.8) is 0 Å². The molecule has 0 radical (unpaired) electrons. The van der Waals surface area contributed by atoms with Crippen molar-refractivity contribution in [1.82, 2.24) is 15.5 Å². The maximum absolute atomic E-state index is 5.17. The van der Waals surface area contributed by atoms with Crippen LogP contribution in [0.2, 0.25) is 0 Å². The molecular formula is C11H19N3OS. The van der Waals surface area contributed by atoms with Crippen molar-refractivity contribution < 1.29 is 4.52 Å². The number of rotatable bonds is 5. The van der Waals surface area contributed by atoms with E-state index in [1.807, 2.05) is 11.8 Å². The van der Waals surface area contributed by atoms with E-state index < -0.39 is 0 Å². The first-order chi connectivity index (χ1) is 7.53. The van der Waals surface area contributed by atoms with Crippen molar-refractivity contribution in [2.24, 2.45) is 0 Å². The smallest absolute Gasteiger partial charge is 0.240 e. The van der Waals surface area contributed by atoms with Gasteiger partial charge in [-0.05, 0) is 12.8 Å². The predicted molar refractivity (Wildman–Crippen MR) is 65.2 cm³/mol. The molecule has 4 nitrogen and oxygen atoms in total. The first-order valence-corrected chi connectivity index (χ1v) is 6.70. The maximum atomic E-state index is 5.17. The lowest BCUT2D eigenvalue weighted by Crippen LogP contribution is -2.15. The molecule has 0 amide bonds. The van der Waals surface area contributed by atoms with Crippen LogP contribution in [0.1, 0.15) is 45.3 Å². The van der Waals surface area contributed by atoms with Crippen molar-refractivity contribution >= 4 is 11.8 Å². The van der Waals surface area contributed by atoms with E-state index >= 15 is 0 Å². The largest absolute Gasteiger partial charge is 0.338 e. The number of hydrogen-bond acceptors (Lipinski definition) is 5. The summed E-state index contributed by atoms with van der Waals surface area (Å²) in [4.78, 5) is 4.35. The predicted octanol–water partition coefficient (Wildman–Crippen LogP) is 2.35. The molecule has 0 unspecified atom stereocenters. The Morgan fingerprint density at radius 1 is 1.44 bits per heavy atom. The average Bonchev–Trinajstić information content (AvgIpc) is 2.91. The van der Waals surface area contributed by atoms with Crippen LogP contribution < -0.4 is 5.32 Å². The van der Waals surface area contributed by atoms with Crippen LogP contribution in [0.15, 0.2) is 4.52 Å². The Balaban J connectivity index is 1.77. The fourth-order valence-corrected chi connectivity index (χ4v) is 1.90. The van der Waals surface area contributed by atoms with Crippen LogP contribution in [-0.4, -0.2) is 20.9 Å². The molecule has 1 heterocycles. The molecule has 1 aromatic rings. The highest BCUT2D eigenvalue weighted by atomic mass is 32.2. The van der Waals surface area contributed by atoms with Crippen LogP contribution >= 0.6 is 11.8 Å². The lowest BCUT2D eigenvalue weighted by atomic mass is 10.3. The van der Waals surface area contributed by atoms with Gasteiger partial charge in [-0.15, -0.1) is 11.8 Å². The van der Waals surface area contributed by atoms with Crippen LogP contribution in [0.4, 0.5) is 0 Å². The van der Waals surface area contributed by atoms with Gasteiger partial charge in [0.15, 0.2) is 5.82 Å². The minimum atomic E-state index is 0.243. The van der Waals surface area contributed by atoms with Crippen LogP contribution in [0, 0.1) is 0 Å². The normalized spacial score (nSPS) is 16.7. The van der Waals surface area contributed by atoms with Gasteiger partial charge in [-0.3, -0.25) is 0 Å². The quantitative estimate of drug-likeness (QED) is 0.857. The van der Waals surface area contributed by atoms with E-state index in [1.165, 1.54) is 12.8 Å². The third kappa shape index (κ3) is 4.14. The van der Waals surface area contributed by atoms with Gasteiger partial charge in [-0.25, -0.2) is 0 Å². The summed E-state index contributed by atoms with van der Waals surface area (Å²) in [6, 6.07) is 0.680. The maximum Gasteiger partial charge on any atom is 0.240 e. The summed E-state index contributed by atoms with van der Waals surface area (Å²) in [6.45, 7) is 7.27. The van der Waals surface area contributed by atoms with Crippen molar-refractivity contribution in [2.75, 3.05) is 0 Å². The molecule has 1 saturated carbocycles. The van der Waals surface area contributed by atoms with Gasteiger partial charge in [0.25, 0.3) is 0 Å². The molecule has 16 heavy (non-hydrogen) atoms. The molecule has 90 valence electrons. The summed E-state index contributed by atoms with van der Waals surface area (Å²) < 4.78 is 5.41. The zero-order valence-corrected chi connectivity index (χ0v) is 10.9. The Kier molecular flexibility index (Phi) is 3.54. The summed E-state index contributed by atoms with van der Waals surface area (Å²) in [7, 11) is 0. The molecule has 0 bridgehead atoms. The number of thioether (sulfide) groups is 1. The highest BCUT2D eigenvalue weighted by molar-refractivity contribution is 7.99. The summed E-state index contributed by atoms with van der Waals surface area (Å²) >= 11 is 1.83. The van der Waals surface area contributed by atoms with E-state index in [2.05, 4.69) is 36.2 Å². The second-order valence-corrected chi connectivity index (χ2v) is 6.96. The Labute approximate surface area is 101 Å². The highest BCUT2D eigenvalue weighted by Crippen LogP contribution is 2.26. The number of aromatic nitrogens is 2. The summed E-state index contributed by atoms with van der Waals surface area (Å²) in [5.41, 5.74) is 0. The van der Waals surface area contributed by atoms with E-state index in [4.69, 9.17) is 4.52 Å². The van der Waals surface area contributed by atoms with E-state index in [1.54, 1.807) is 0 Å². The zero-order chi connectivity index (χ0) is 11.6. The fourth-order valence-electron chi connectivity index (χ4n) is 1.22. The molecule has 0 aromatic carbocycles. The van der Waals surface area contributed by atoms with Crippen molar-refractivity contribution in [1.29, 1.82) is 0 Å². The minimum Gasteiger partial charge on any atom is -0.338 e. The molecule has 0 atom stereocenters. The molecule has 1 aliphatic rings. The minimum absolute atomic E-state index is 0.243. The zero-order valence-electron chi connectivity index (χ0n) is 10.1. The van der Waals surface area contributed by atoms with E-state index in [9.17, 15) is 0 Å². The monoisotopic (exact) mass is 241 g/mol. The lowest BCUT2D eigenvalue weighted by molar-refractivity contribution is 0.363. The third-order valence-electron chi connectivity index (χ3n) is 2.26. The first-order valence-electron chi connectivity index (χ1n) is 5.72. The van der Waals surface area contributed by atoms with E-state index in [-0.39, 0.29) is 4.75 Å². The van der Waals surface area contributed by atoms with E-state index in [0.29, 0.717) is 18.5 Å². The Hall–Kier alpha value is -0.550. The topological polar surface area (TPSA) is 51.0 Å². The van der Waals surface area contributed by atoms with Gasteiger partial charge in [0.1, 0.15) is 0 Å². The van der Waals surface area contributed by atoms with Gasteiger partial charge in [0.2, 0.25) is 5.89 Å². The summed E-state index contributed by atoms with van der Waals surface area (Å²) in [5.74, 6) is 2.32. The molecular weight excluding hydrogens is 222 g/mol. The molecule has 1 aromatic heterocycles. The number of hydrogen-bond donors (Lipinski definition) is 1. The van der Waals surface area contributed by atoms with E-state index in [0.717, 1.165) is 11.6 Å². The van der Waals surface area contributed by atoms with Gasteiger partial charge in [0, 0.05) is 10.8 Å². The Morgan fingerprint density at radius 3 is 2.81 bits per heavy atom. The van der Waals surface area contributed by atoms with Crippen LogP contribution in [-0.2, 0) is 12.3 Å². The highest BCUT2D eigenvalue weighted by Gasteiger charge is 2.21. The second-order valence-electron chi connectivity index (χ2n) is 5.16. The van der Waals surface area contributed by atoms with Crippen molar-refractivity contribution in [3.8, 4) is 0 Å². The summed E-state index contributed by atoms with van der Waals surface area (Å²) in [5, 5.41) is 7.33. The number of nitrogens with zero attached hydrogens (tertiary/aromatic N) is 2. The molecule has 2 rings (SSSR count). The fraction of sp³-hybridized carbons (Fsp3) is 0.818. The SMILES string of the molecule is CC(C)(C)SCc1noc(CNC2CC2)n1.